The Labute approximate surface area is 135 Å². The molecule has 2 aromatic heterocycles. The van der Waals surface area contributed by atoms with Gasteiger partial charge in [0.05, 0.1) is 17.5 Å². The van der Waals surface area contributed by atoms with Crippen molar-refractivity contribution in [3.8, 4) is 17.1 Å². The summed E-state index contributed by atoms with van der Waals surface area (Å²) >= 11 is 0. The fraction of sp³-hybridized carbons (Fsp3) is 0. The van der Waals surface area contributed by atoms with E-state index in [1.807, 2.05) is 6.07 Å². The zero-order chi connectivity index (χ0) is 16.7. The van der Waals surface area contributed by atoms with Crippen LogP contribution in [-0.4, -0.2) is 19.2 Å². The van der Waals surface area contributed by atoms with Crippen LogP contribution in [0.5, 0.6) is 5.75 Å². The molecule has 2 heterocycles. The second kappa shape index (κ2) is 5.34. The molecule has 0 amide bonds. The number of halogens is 1. The smallest absolute Gasteiger partial charge is 0.189 e. The molecule has 0 saturated carbocycles. The zero-order valence-electron chi connectivity index (χ0n) is 12.4. The molecule has 4 aromatic rings. The zero-order valence-corrected chi connectivity index (χ0v) is 12.4. The number of hydrogen-bond donors (Lipinski definition) is 1. The maximum absolute atomic E-state index is 14.3. The SMILES string of the molecule is O=c1ccn(-c2ccc(O)cc2F)c2cc(-n3ccnc3)ccc12. The summed E-state index contributed by atoms with van der Waals surface area (Å²) in [6.07, 6.45) is 6.61. The first-order valence-corrected chi connectivity index (χ1v) is 7.26. The number of phenols is 1. The van der Waals surface area contributed by atoms with Gasteiger partial charge in [0, 0.05) is 41.8 Å². The Hall–Kier alpha value is -3.41. The lowest BCUT2D eigenvalue weighted by molar-refractivity contribution is 0.468. The summed E-state index contributed by atoms with van der Waals surface area (Å²) in [6.45, 7) is 0. The lowest BCUT2D eigenvalue weighted by Crippen LogP contribution is -2.08. The standard InChI is InChI=1S/C18H12FN3O2/c19-15-10-13(23)2-4-16(15)22-7-5-18(24)14-3-1-12(9-17(14)22)21-8-6-20-11-21/h1-11,23H. The van der Waals surface area contributed by atoms with E-state index >= 15 is 0 Å². The molecule has 5 nitrogen and oxygen atoms in total. The Bertz CT molecular complexity index is 1100. The summed E-state index contributed by atoms with van der Waals surface area (Å²) in [6, 6.07) is 10.6. The average molecular weight is 321 g/mol. The van der Waals surface area contributed by atoms with Crippen molar-refractivity contribution >= 4 is 10.9 Å². The fourth-order valence-corrected chi connectivity index (χ4v) is 2.71. The van der Waals surface area contributed by atoms with Crippen molar-refractivity contribution in [2.45, 2.75) is 0 Å². The van der Waals surface area contributed by atoms with E-state index in [-0.39, 0.29) is 16.9 Å². The molecule has 0 bridgehead atoms. The highest BCUT2D eigenvalue weighted by Crippen LogP contribution is 2.23. The summed E-state index contributed by atoms with van der Waals surface area (Å²) in [5.41, 5.74) is 1.48. The van der Waals surface area contributed by atoms with Gasteiger partial charge in [0.25, 0.3) is 0 Å². The molecule has 4 rings (SSSR count). The highest BCUT2D eigenvalue weighted by atomic mass is 19.1. The van der Waals surface area contributed by atoms with Gasteiger partial charge < -0.3 is 14.2 Å². The number of aromatic hydroxyl groups is 1. The van der Waals surface area contributed by atoms with Gasteiger partial charge in [-0.25, -0.2) is 9.37 Å². The van der Waals surface area contributed by atoms with Crippen LogP contribution >= 0.6 is 0 Å². The normalized spacial score (nSPS) is 11.0. The molecule has 0 aliphatic heterocycles. The van der Waals surface area contributed by atoms with E-state index in [4.69, 9.17) is 0 Å². The van der Waals surface area contributed by atoms with E-state index in [0.29, 0.717) is 10.9 Å². The minimum absolute atomic E-state index is 0.141. The van der Waals surface area contributed by atoms with Crippen LogP contribution in [0.15, 0.2) is 72.2 Å². The number of nitrogens with zero attached hydrogens (tertiary/aromatic N) is 3. The van der Waals surface area contributed by atoms with Crippen LogP contribution in [0.2, 0.25) is 0 Å². The monoisotopic (exact) mass is 321 g/mol. The van der Waals surface area contributed by atoms with Gasteiger partial charge in [-0.1, -0.05) is 0 Å². The number of hydrogen-bond acceptors (Lipinski definition) is 3. The molecular weight excluding hydrogens is 309 g/mol. The molecule has 0 radical (unpaired) electrons. The first-order chi connectivity index (χ1) is 11.6. The van der Waals surface area contributed by atoms with Crippen molar-refractivity contribution in [2.24, 2.45) is 0 Å². The first-order valence-electron chi connectivity index (χ1n) is 7.26. The number of pyridine rings is 1. The van der Waals surface area contributed by atoms with Gasteiger partial charge in [0.2, 0.25) is 0 Å². The topological polar surface area (TPSA) is 60.1 Å². The molecule has 6 heteroatoms. The lowest BCUT2D eigenvalue weighted by Gasteiger charge is -2.13. The lowest BCUT2D eigenvalue weighted by atomic mass is 10.1. The minimum Gasteiger partial charge on any atom is -0.508 e. The Kier molecular flexibility index (Phi) is 3.16. The predicted molar refractivity (Wildman–Crippen MR) is 88.3 cm³/mol. The van der Waals surface area contributed by atoms with E-state index in [1.165, 1.54) is 24.4 Å². The number of fused-ring (bicyclic) bond motifs is 1. The Morgan fingerprint density at radius 2 is 1.92 bits per heavy atom. The third kappa shape index (κ3) is 2.25. The average Bonchev–Trinajstić information content (AvgIpc) is 3.10. The van der Waals surface area contributed by atoms with Crippen LogP contribution in [-0.2, 0) is 0 Å². The number of phenolic OH excluding ortho intramolecular Hbond substituents is 1. The van der Waals surface area contributed by atoms with Crippen molar-refractivity contribution in [2.75, 3.05) is 0 Å². The second-order valence-electron chi connectivity index (χ2n) is 5.36. The molecule has 0 atom stereocenters. The van der Waals surface area contributed by atoms with Crippen LogP contribution < -0.4 is 5.43 Å². The Morgan fingerprint density at radius 1 is 1.04 bits per heavy atom. The number of aromatic nitrogens is 3. The Balaban J connectivity index is 2.03. The summed E-state index contributed by atoms with van der Waals surface area (Å²) in [7, 11) is 0. The van der Waals surface area contributed by atoms with Crippen molar-refractivity contribution in [3.63, 3.8) is 0 Å². The molecule has 0 unspecified atom stereocenters. The summed E-state index contributed by atoms with van der Waals surface area (Å²) < 4.78 is 17.7. The second-order valence-corrected chi connectivity index (χ2v) is 5.36. The van der Waals surface area contributed by atoms with E-state index in [1.54, 1.807) is 40.0 Å². The van der Waals surface area contributed by atoms with Crippen LogP contribution in [0, 0.1) is 5.82 Å². The quantitative estimate of drug-likeness (QED) is 0.617. The Morgan fingerprint density at radius 3 is 2.67 bits per heavy atom. The summed E-state index contributed by atoms with van der Waals surface area (Å²) in [4.78, 5) is 16.1. The van der Waals surface area contributed by atoms with Crippen molar-refractivity contribution in [1.82, 2.24) is 14.1 Å². The molecule has 0 fully saturated rings. The minimum atomic E-state index is -0.576. The van der Waals surface area contributed by atoms with Crippen LogP contribution in [0.25, 0.3) is 22.3 Å². The van der Waals surface area contributed by atoms with Crippen molar-refractivity contribution in [1.29, 1.82) is 0 Å². The molecule has 0 aliphatic rings. The third-order valence-corrected chi connectivity index (χ3v) is 3.87. The van der Waals surface area contributed by atoms with E-state index < -0.39 is 5.82 Å². The van der Waals surface area contributed by atoms with Gasteiger partial charge in [-0.2, -0.15) is 0 Å². The molecule has 0 spiro atoms. The van der Waals surface area contributed by atoms with Gasteiger partial charge in [-0.05, 0) is 30.3 Å². The van der Waals surface area contributed by atoms with Crippen LogP contribution in [0.4, 0.5) is 4.39 Å². The molecule has 24 heavy (non-hydrogen) atoms. The molecule has 118 valence electrons. The molecule has 1 N–H and O–H groups in total. The maximum atomic E-state index is 14.3. The maximum Gasteiger partial charge on any atom is 0.189 e. The largest absolute Gasteiger partial charge is 0.508 e. The summed E-state index contributed by atoms with van der Waals surface area (Å²) in [5.74, 6) is -0.728. The van der Waals surface area contributed by atoms with E-state index in [2.05, 4.69) is 4.98 Å². The van der Waals surface area contributed by atoms with Crippen molar-refractivity contribution in [3.05, 3.63) is 83.4 Å². The fourth-order valence-electron chi connectivity index (χ4n) is 2.71. The van der Waals surface area contributed by atoms with Gasteiger partial charge in [-0.15, -0.1) is 0 Å². The van der Waals surface area contributed by atoms with Gasteiger partial charge in [-0.3, -0.25) is 4.79 Å². The van der Waals surface area contributed by atoms with Crippen LogP contribution in [0.3, 0.4) is 0 Å². The van der Waals surface area contributed by atoms with Gasteiger partial charge >= 0.3 is 0 Å². The van der Waals surface area contributed by atoms with E-state index in [0.717, 1.165) is 11.8 Å². The predicted octanol–water partition coefficient (Wildman–Crippen LogP) is 3.02. The van der Waals surface area contributed by atoms with Crippen LogP contribution in [0.1, 0.15) is 0 Å². The molecule has 0 saturated heterocycles. The van der Waals surface area contributed by atoms with Gasteiger partial charge in [0.15, 0.2) is 11.2 Å². The molecule has 2 aromatic carbocycles. The van der Waals surface area contributed by atoms with Gasteiger partial charge in [0.1, 0.15) is 5.75 Å². The highest BCUT2D eigenvalue weighted by Gasteiger charge is 2.10. The molecular formula is C18H12FN3O2. The molecule has 0 aliphatic carbocycles. The van der Waals surface area contributed by atoms with E-state index in [9.17, 15) is 14.3 Å². The third-order valence-electron chi connectivity index (χ3n) is 3.87. The van der Waals surface area contributed by atoms with Crippen molar-refractivity contribution < 1.29 is 9.50 Å². The summed E-state index contributed by atoms with van der Waals surface area (Å²) in [5, 5.41) is 9.88. The number of benzene rings is 2. The first kappa shape index (κ1) is 14.2. The number of rotatable bonds is 2. The highest BCUT2D eigenvalue weighted by molar-refractivity contribution is 5.82. The number of imidazole rings is 1.